The molecule has 1 atom stereocenters. The van der Waals surface area contributed by atoms with Gasteiger partial charge >= 0.3 is 17.9 Å². The summed E-state index contributed by atoms with van der Waals surface area (Å²) >= 11 is 0. The Morgan fingerprint density at radius 1 is 1.04 bits per heavy atom. The van der Waals surface area contributed by atoms with E-state index < -0.39 is 23.9 Å². The molecule has 25 heavy (non-hydrogen) atoms. The molecule has 0 aliphatic rings. The molecule has 0 spiro atoms. The molecule has 0 unspecified atom stereocenters. The minimum atomic E-state index is -1.82. The summed E-state index contributed by atoms with van der Waals surface area (Å²) < 4.78 is 1.76. The highest BCUT2D eigenvalue weighted by atomic mass is 16.4. The van der Waals surface area contributed by atoms with Crippen LogP contribution in [-0.2, 0) is 20.8 Å². The van der Waals surface area contributed by atoms with Gasteiger partial charge in [0.05, 0.1) is 5.69 Å². The number of hydrogen-bond acceptors (Lipinski definition) is 5. The van der Waals surface area contributed by atoms with E-state index in [1.54, 1.807) is 35.2 Å². The zero-order valence-corrected chi connectivity index (χ0v) is 12.9. The molecule has 10 nitrogen and oxygen atoms in total. The summed E-state index contributed by atoms with van der Waals surface area (Å²) in [6, 6.07) is 7.69. The second-order valence-corrected chi connectivity index (χ2v) is 4.67. The molecule has 0 saturated carbocycles. The maximum Gasteiger partial charge on any atom is 0.414 e. The molecule has 0 amide bonds. The first-order chi connectivity index (χ1) is 11.2. The molecule has 8 N–H and O–H groups in total. The van der Waals surface area contributed by atoms with Crippen molar-refractivity contribution in [2.75, 3.05) is 0 Å². The molecule has 10 heteroatoms. The predicted octanol–water partition coefficient (Wildman–Crippen LogP) is -0.532. The highest BCUT2D eigenvalue weighted by Gasteiger charge is 2.13. The van der Waals surface area contributed by atoms with Gasteiger partial charge < -0.3 is 36.2 Å². The van der Waals surface area contributed by atoms with Crippen molar-refractivity contribution in [1.29, 1.82) is 0 Å². The molecule has 0 saturated heterocycles. The lowest BCUT2D eigenvalue weighted by molar-refractivity contribution is -0.159. The molecule has 0 aliphatic carbocycles. The molecule has 2 rings (SSSR count). The van der Waals surface area contributed by atoms with Crippen molar-refractivity contribution in [2.45, 2.75) is 12.5 Å². The zero-order chi connectivity index (χ0) is 18.3. The van der Waals surface area contributed by atoms with E-state index in [9.17, 15) is 9.90 Å². The fraction of sp³-hybridized carbons (Fsp3) is 0.133. The summed E-state index contributed by atoms with van der Waals surface area (Å²) in [5.41, 5.74) is 6.86. The first-order valence-electron chi connectivity index (χ1n) is 6.62. The normalized spacial score (nSPS) is 10.6. The number of rotatable bonds is 4. The SMILES string of the molecule is N[C@@H](Cc1ccc(O)c(-n2cccc2)c1)C(=O)O.O.O=C(O)C(=O)O. The van der Waals surface area contributed by atoms with E-state index >= 15 is 0 Å². The van der Waals surface area contributed by atoms with Crippen molar-refractivity contribution in [3.63, 3.8) is 0 Å². The quantitative estimate of drug-likeness (QED) is 0.451. The Morgan fingerprint density at radius 2 is 1.56 bits per heavy atom. The summed E-state index contributed by atoms with van der Waals surface area (Å²) in [4.78, 5) is 28.9. The maximum atomic E-state index is 10.7. The summed E-state index contributed by atoms with van der Waals surface area (Å²) in [5, 5.41) is 33.3. The molecule has 1 aromatic carbocycles. The number of carbonyl (C=O) groups is 3. The molecule has 2 aromatic rings. The average molecular weight is 354 g/mol. The van der Waals surface area contributed by atoms with Crippen LogP contribution in [0.25, 0.3) is 5.69 Å². The third-order valence-corrected chi connectivity index (χ3v) is 2.88. The van der Waals surface area contributed by atoms with Crippen molar-refractivity contribution < 1.29 is 40.3 Å². The van der Waals surface area contributed by atoms with Gasteiger partial charge in [0.2, 0.25) is 0 Å². The maximum absolute atomic E-state index is 10.7. The first kappa shape index (κ1) is 21.6. The molecular formula is C15H18N2O8. The van der Waals surface area contributed by atoms with E-state index in [0.717, 1.165) is 5.56 Å². The number of hydrogen-bond donors (Lipinski definition) is 5. The van der Waals surface area contributed by atoms with Gasteiger partial charge in [-0.2, -0.15) is 0 Å². The lowest BCUT2D eigenvalue weighted by Gasteiger charge is -2.10. The number of benzene rings is 1. The van der Waals surface area contributed by atoms with Crippen LogP contribution in [0.2, 0.25) is 0 Å². The van der Waals surface area contributed by atoms with Crippen LogP contribution in [0, 0.1) is 0 Å². The van der Waals surface area contributed by atoms with Crippen LogP contribution in [-0.4, -0.2) is 54.4 Å². The van der Waals surface area contributed by atoms with Gasteiger partial charge in [-0.05, 0) is 36.2 Å². The smallest absolute Gasteiger partial charge is 0.414 e. The largest absolute Gasteiger partial charge is 0.506 e. The van der Waals surface area contributed by atoms with Gasteiger partial charge in [0, 0.05) is 12.4 Å². The third-order valence-electron chi connectivity index (χ3n) is 2.88. The summed E-state index contributed by atoms with van der Waals surface area (Å²) in [7, 11) is 0. The third kappa shape index (κ3) is 6.72. The van der Waals surface area contributed by atoms with Gasteiger partial charge in [0.15, 0.2) is 0 Å². The monoisotopic (exact) mass is 354 g/mol. The number of phenolic OH excluding ortho intramolecular Hbond substituents is 1. The first-order valence-corrected chi connectivity index (χ1v) is 6.62. The second kappa shape index (κ2) is 9.70. The fourth-order valence-electron chi connectivity index (χ4n) is 1.74. The number of phenols is 1. The number of nitrogens with two attached hydrogens (primary N) is 1. The van der Waals surface area contributed by atoms with Crippen molar-refractivity contribution in [3.8, 4) is 11.4 Å². The summed E-state index contributed by atoms with van der Waals surface area (Å²) in [6.07, 6.45) is 3.83. The van der Waals surface area contributed by atoms with Gasteiger partial charge in [0.1, 0.15) is 11.8 Å². The van der Waals surface area contributed by atoms with Gasteiger partial charge in [0.25, 0.3) is 0 Å². The molecule has 0 fully saturated rings. The number of carboxylic acid groups (broad SMARTS) is 3. The number of aromatic hydroxyl groups is 1. The number of aromatic nitrogens is 1. The lowest BCUT2D eigenvalue weighted by Crippen LogP contribution is -2.32. The Kier molecular flexibility index (Phi) is 8.39. The Hall–Kier alpha value is -3.37. The fourth-order valence-corrected chi connectivity index (χ4v) is 1.74. The van der Waals surface area contributed by atoms with Gasteiger partial charge in [-0.15, -0.1) is 0 Å². The number of aliphatic carboxylic acids is 3. The summed E-state index contributed by atoms with van der Waals surface area (Å²) in [6.45, 7) is 0. The van der Waals surface area contributed by atoms with E-state index in [0.29, 0.717) is 5.69 Å². The zero-order valence-electron chi connectivity index (χ0n) is 12.9. The van der Waals surface area contributed by atoms with E-state index in [-0.39, 0.29) is 17.6 Å². The second-order valence-electron chi connectivity index (χ2n) is 4.67. The Balaban J connectivity index is 0.000000715. The molecule has 1 aromatic heterocycles. The van der Waals surface area contributed by atoms with Crippen molar-refractivity contribution in [1.82, 2.24) is 4.57 Å². The van der Waals surface area contributed by atoms with Crippen LogP contribution >= 0.6 is 0 Å². The minimum absolute atomic E-state index is 0. The van der Waals surface area contributed by atoms with E-state index in [1.165, 1.54) is 0 Å². The molecule has 0 aliphatic heterocycles. The highest BCUT2D eigenvalue weighted by Crippen LogP contribution is 2.23. The number of nitrogens with zero attached hydrogens (tertiary/aromatic N) is 1. The molecule has 1 heterocycles. The lowest BCUT2D eigenvalue weighted by atomic mass is 10.1. The van der Waals surface area contributed by atoms with Crippen molar-refractivity contribution in [3.05, 3.63) is 48.3 Å². The van der Waals surface area contributed by atoms with Crippen LogP contribution in [0.15, 0.2) is 42.7 Å². The van der Waals surface area contributed by atoms with Crippen LogP contribution < -0.4 is 5.73 Å². The van der Waals surface area contributed by atoms with E-state index in [4.69, 9.17) is 30.6 Å². The van der Waals surface area contributed by atoms with Crippen molar-refractivity contribution in [2.24, 2.45) is 5.73 Å². The molecule has 136 valence electrons. The molecular weight excluding hydrogens is 336 g/mol. The number of carboxylic acids is 3. The van der Waals surface area contributed by atoms with Crippen LogP contribution in [0.1, 0.15) is 5.56 Å². The van der Waals surface area contributed by atoms with Crippen LogP contribution in [0.5, 0.6) is 5.75 Å². The van der Waals surface area contributed by atoms with E-state index in [2.05, 4.69) is 0 Å². The van der Waals surface area contributed by atoms with E-state index in [1.807, 2.05) is 12.1 Å². The average Bonchev–Trinajstić information content (AvgIpc) is 3.03. The summed E-state index contributed by atoms with van der Waals surface area (Å²) in [5.74, 6) is -4.55. The van der Waals surface area contributed by atoms with Crippen molar-refractivity contribution >= 4 is 17.9 Å². The van der Waals surface area contributed by atoms with Crippen LogP contribution in [0.4, 0.5) is 0 Å². The van der Waals surface area contributed by atoms with Crippen LogP contribution in [0.3, 0.4) is 0 Å². The standard InChI is InChI=1S/C13H14N2O3.C2H2O4.H2O/c14-10(13(17)18)7-9-3-4-12(16)11(8-9)15-5-1-2-6-15;3-1(4)2(5)6;/h1-6,8,10,16H,7,14H2,(H,17,18);(H,3,4)(H,5,6);1H2/t10-;;/m0../s1. The Labute approximate surface area is 141 Å². The topological polar surface area (TPSA) is 195 Å². The van der Waals surface area contributed by atoms with Gasteiger partial charge in [-0.25, -0.2) is 9.59 Å². The van der Waals surface area contributed by atoms with Gasteiger partial charge in [-0.1, -0.05) is 6.07 Å². The highest BCUT2D eigenvalue weighted by molar-refractivity contribution is 6.27. The predicted molar refractivity (Wildman–Crippen MR) is 85.6 cm³/mol. The molecule has 0 bridgehead atoms. The Morgan fingerprint density at radius 3 is 2.00 bits per heavy atom. The minimum Gasteiger partial charge on any atom is -0.506 e. The van der Waals surface area contributed by atoms with Gasteiger partial charge in [-0.3, -0.25) is 4.79 Å². The Bertz CT molecular complexity index is 715. The molecule has 0 radical (unpaired) electrons.